The lowest BCUT2D eigenvalue weighted by Gasteiger charge is -2.42. The molecule has 1 aromatic heterocycles. The molecule has 3 aromatic rings. The van der Waals surface area contributed by atoms with Crippen LogP contribution in [0.25, 0.3) is 0 Å². The Balaban J connectivity index is 1.43. The van der Waals surface area contributed by atoms with Crippen molar-refractivity contribution < 1.29 is 19.1 Å². The van der Waals surface area contributed by atoms with Crippen molar-refractivity contribution >= 4 is 45.6 Å². The van der Waals surface area contributed by atoms with Crippen LogP contribution in [-0.4, -0.2) is 41.9 Å². The van der Waals surface area contributed by atoms with Crippen LogP contribution in [0.4, 0.5) is 10.8 Å². The van der Waals surface area contributed by atoms with Gasteiger partial charge in [-0.3, -0.25) is 14.5 Å². The minimum Gasteiger partial charge on any atom is -0.497 e. The fourth-order valence-corrected chi connectivity index (χ4v) is 7.18. The topological polar surface area (TPSA) is 143 Å². The van der Waals surface area contributed by atoms with Crippen LogP contribution in [0.15, 0.2) is 69.5 Å². The number of rotatable bonds is 8. The van der Waals surface area contributed by atoms with E-state index in [4.69, 9.17) is 15.2 Å². The van der Waals surface area contributed by atoms with Crippen molar-refractivity contribution in [3.05, 3.63) is 76.3 Å². The molecule has 5 rings (SSSR count). The predicted molar refractivity (Wildman–Crippen MR) is 167 cm³/mol. The summed E-state index contributed by atoms with van der Waals surface area (Å²) in [6.07, 6.45) is 0.941. The van der Waals surface area contributed by atoms with Crippen LogP contribution in [0, 0.1) is 23.7 Å². The maximum absolute atomic E-state index is 13.7. The van der Waals surface area contributed by atoms with Crippen LogP contribution < -0.4 is 25.4 Å². The molecular formula is C31H32N6O4S2. The van der Waals surface area contributed by atoms with Crippen molar-refractivity contribution in [2.45, 2.75) is 43.9 Å². The highest BCUT2D eigenvalue weighted by Crippen LogP contribution is 2.51. The summed E-state index contributed by atoms with van der Waals surface area (Å²) in [4.78, 5) is 28.2. The number of methoxy groups -OCH3 is 2. The number of benzene rings is 2. The maximum Gasteiger partial charge on any atom is 0.234 e. The Morgan fingerprint density at radius 1 is 1.19 bits per heavy atom. The number of thioether (sulfide) groups is 1. The third-order valence-electron chi connectivity index (χ3n) is 7.43. The SMILES string of the molecule is COc1cc(NC(=O)CSc2nnc(N3C(N)=C(C#N)C(c4ccccc4C)C4=C3CC(C)(C)CC4=O)s2)cc(OC)c1. The smallest absolute Gasteiger partial charge is 0.234 e. The van der Waals surface area contributed by atoms with Crippen molar-refractivity contribution in [2.24, 2.45) is 11.1 Å². The first-order valence-electron chi connectivity index (χ1n) is 13.6. The number of anilines is 2. The minimum absolute atomic E-state index is 0.00490. The number of hydrogen-bond donors (Lipinski definition) is 2. The molecule has 0 radical (unpaired) electrons. The number of allylic oxidation sites excluding steroid dienone is 3. The van der Waals surface area contributed by atoms with Gasteiger partial charge in [0.2, 0.25) is 11.0 Å². The fraction of sp³-hybridized carbons (Fsp3) is 0.323. The van der Waals surface area contributed by atoms with Gasteiger partial charge in [0.1, 0.15) is 17.3 Å². The number of ketones is 1. The number of Topliss-reactive ketones (excluding diaryl/α,β-unsaturated/α-hetero) is 1. The molecule has 1 aliphatic carbocycles. The molecule has 1 amide bonds. The molecule has 10 nitrogen and oxygen atoms in total. The highest BCUT2D eigenvalue weighted by Gasteiger charge is 2.45. The Bertz CT molecular complexity index is 1680. The summed E-state index contributed by atoms with van der Waals surface area (Å²) in [5.41, 5.74) is 10.5. The molecule has 0 spiro atoms. The van der Waals surface area contributed by atoms with Gasteiger partial charge in [0.25, 0.3) is 0 Å². The zero-order valence-corrected chi connectivity index (χ0v) is 26.2. The van der Waals surface area contributed by atoms with Crippen molar-refractivity contribution in [1.82, 2.24) is 10.2 Å². The number of ether oxygens (including phenoxy) is 2. The van der Waals surface area contributed by atoms with Crippen molar-refractivity contribution in [3.8, 4) is 17.6 Å². The second-order valence-electron chi connectivity index (χ2n) is 11.1. The van der Waals surface area contributed by atoms with Crippen LogP contribution in [0.2, 0.25) is 0 Å². The van der Waals surface area contributed by atoms with Gasteiger partial charge >= 0.3 is 0 Å². The Labute approximate surface area is 258 Å². The number of hydrogen-bond acceptors (Lipinski definition) is 11. The second-order valence-corrected chi connectivity index (χ2v) is 13.3. The van der Waals surface area contributed by atoms with E-state index in [-0.39, 0.29) is 28.7 Å². The average molecular weight is 617 g/mol. The van der Waals surface area contributed by atoms with Gasteiger partial charge in [0.05, 0.1) is 37.5 Å². The molecule has 2 aliphatic rings. The van der Waals surface area contributed by atoms with Crippen molar-refractivity contribution in [3.63, 3.8) is 0 Å². The zero-order valence-electron chi connectivity index (χ0n) is 24.6. The summed E-state index contributed by atoms with van der Waals surface area (Å²) in [7, 11) is 3.08. The van der Waals surface area contributed by atoms with Gasteiger partial charge < -0.3 is 20.5 Å². The molecule has 2 aromatic carbocycles. The monoisotopic (exact) mass is 616 g/mol. The van der Waals surface area contributed by atoms with E-state index in [1.54, 1.807) is 37.3 Å². The molecule has 3 N–H and O–H groups in total. The first-order chi connectivity index (χ1) is 20.5. The summed E-state index contributed by atoms with van der Waals surface area (Å²) in [5.74, 6) is 0.628. The normalized spacial score (nSPS) is 17.8. The van der Waals surface area contributed by atoms with E-state index in [1.165, 1.54) is 23.1 Å². The van der Waals surface area contributed by atoms with Gasteiger partial charge in [0.15, 0.2) is 10.1 Å². The quantitative estimate of drug-likeness (QED) is 0.310. The number of carbonyl (C=O) groups excluding carboxylic acids is 2. The lowest BCUT2D eigenvalue weighted by atomic mass is 9.68. The van der Waals surface area contributed by atoms with Crippen LogP contribution >= 0.6 is 23.1 Å². The van der Waals surface area contributed by atoms with E-state index in [9.17, 15) is 14.9 Å². The van der Waals surface area contributed by atoms with Crippen LogP contribution in [0.3, 0.4) is 0 Å². The molecule has 0 saturated carbocycles. The third kappa shape index (κ3) is 6.09. The van der Waals surface area contributed by atoms with Crippen molar-refractivity contribution in [2.75, 3.05) is 30.2 Å². The number of carbonyl (C=O) groups is 2. The molecule has 2 heterocycles. The van der Waals surface area contributed by atoms with Crippen LogP contribution in [-0.2, 0) is 9.59 Å². The Morgan fingerprint density at radius 2 is 1.88 bits per heavy atom. The summed E-state index contributed by atoms with van der Waals surface area (Å²) < 4.78 is 11.1. The first-order valence-corrected chi connectivity index (χ1v) is 15.4. The Kier molecular flexibility index (Phi) is 8.48. The van der Waals surface area contributed by atoms with Gasteiger partial charge in [-0.2, -0.15) is 5.26 Å². The van der Waals surface area contributed by atoms with Gasteiger partial charge in [-0.05, 0) is 29.9 Å². The van der Waals surface area contributed by atoms with E-state index in [2.05, 4.69) is 21.6 Å². The molecule has 1 atom stereocenters. The Hall–Kier alpha value is -4.34. The number of aryl methyl sites for hydroxylation is 1. The largest absolute Gasteiger partial charge is 0.497 e. The summed E-state index contributed by atoms with van der Waals surface area (Å²) in [6, 6.07) is 15.2. The first kappa shape index (κ1) is 30.1. The fourth-order valence-electron chi connectivity index (χ4n) is 5.50. The molecule has 12 heteroatoms. The molecule has 222 valence electrons. The minimum atomic E-state index is -0.554. The predicted octanol–water partition coefficient (Wildman–Crippen LogP) is 5.54. The molecular weight excluding hydrogens is 585 g/mol. The lowest BCUT2D eigenvalue weighted by molar-refractivity contribution is -0.118. The van der Waals surface area contributed by atoms with E-state index < -0.39 is 5.92 Å². The van der Waals surface area contributed by atoms with Crippen molar-refractivity contribution in [1.29, 1.82) is 5.26 Å². The molecule has 1 aliphatic heterocycles. The number of nitriles is 1. The zero-order chi connectivity index (χ0) is 30.9. The second kappa shape index (κ2) is 12.1. The maximum atomic E-state index is 13.7. The number of nitrogens with two attached hydrogens (primary N) is 1. The average Bonchev–Trinajstić information content (AvgIpc) is 3.43. The number of amides is 1. The standard InChI is InChI=1S/C31H32N6O4S2/c1-17-8-6-7-9-21(17)26-22(15-32)28(33)37(23-13-31(2,3)14-24(38)27(23)26)29-35-36-30(43-29)42-16-25(39)34-18-10-19(40-4)12-20(11-18)41-5/h6-12,26H,13-14,16,33H2,1-5H3,(H,34,39). The summed E-state index contributed by atoms with van der Waals surface area (Å²) in [6.45, 7) is 6.07. The number of nitrogens with zero attached hydrogens (tertiary/aromatic N) is 4. The third-order valence-corrected chi connectivity index (χ3v) is 9.47. The number of nitrogens with one attached hydrogen (secondary N) is 1. The summed E-state index contributed by atoms with van der Waals surface area (Å²) >= 11 is 2.48. The summed E-state index contributed by atoms with van der Waals surface area (Å²) in [5, 5.41) is 22.3. The van der Waals surface area contributed by atoms with Crippen LogP contribution in [0.5, 0.6) is 11.5 Å². The van der Waals surface area contributed by atoms with E-state index in [0.717, 1.165) is 16.8 Å². The van der Waals surface area contributed by atoms with Crippen LogP contribution in [0.1, 0.15) is 43.7 Å². The highest BCUT2D eigenvalue weighted by molar-refractivity contribution is 8.01. The highest BCUT2D eigenvalue weighted by atomic mass is 32.2. The number of aromatic nitrogens is 2. The molecule has 0 saturated heterocycles. The van der Waals surface area contributed by atoms with E-state index in [1.807, 2.05) is 45.0 Å². The van der Waals surface area contributed by atoms with Gasteiger partial charge in [0, 0.05) is 41.6 Å². The molecule has 43 heavy (non-hydrogen) atoms. The molecule has 0 fully saturated rings. The van der Waals surface area contributed by atoms with Gasteiger partial charge in [-0.1, -0.05) is 61.2 Å². The van der Waals surface area contributed by atoms with E-state index in [0.29, 0.717) is 50.6 Å². The molecule has 0 bridgehead atoms. The van der Waals surface area contributed by atoms with Gasteiger partial charge in [-0.15, -0.1) is 10.2 Å². The molecule has 1 unspecified atom stereocenters. The lowest BCUT2D eigenvalue weighted by Crippen LogP contribution is -2.42. The van der Waals surface area contributed by atoms with Gasteiger partial charge in [-0.25, -0.2) is 0 Å². The Morgan fingerprint density at radius 3 is 2.53 bits per heavy atom. The van der Waals surface area contributed by atoms with E-state index >= 15 is 0 Å².